The molecule has 0 atom stereocenters. The molecule has 0 amide bonds. The van der Waals surface area contributed by atoms with Gasteiger partial charge in [-0.3, -0.25) is 4.40 Å². The first-order valence-corrected chi connectivity index (χ1v) is 6.59. The molecule has 0 radical (unpaired) electrons. The van der Waals surface area contributed by atoms with Gasteiger partial charge in [-0.2, -0.15) is 13.2 Å². The predicted molar refractivity (Wildman–Crippen MR) is 77.3 cm³/mol. The molecule has 23 heavy (non-hydrogen) atoms. The van der Waals surface area contributed by atoms with Gasteiger partial charge < -0.3 is 10.1 Å². The SMILES string of the molecule is CNc1nnc(-c2ccc(C(F)(F)F)cc2OC)n2ccnc12. The van der Waals surface area contributed by atoms with E-state index in [0.717, 1.165) is 12.1 Å². The second-order valence-corrected chi connectivity index (χ2v) is 4.66. The van der Waals surface area contributed by atoms with Gasteiger partial charge in [-0.1, -0.05) is 0 Å². The van der Waals surface area contributed by atoms with Crippen LogP contribution in [0.25, 0.3) is 17.0 Å². The topological polar surface area (TPSA) is 64.3 Å². The monoisotopic (exact) mass is 323 g/mol. The van der Waals surface area contributed by atoms with Crippen LogP contribution in [0.2, 0.25) is 0 Å². The second-order valence-electron chi connectivity index (χ2n) is 4.66. The van der Waals surface area contributed by atoms with Crippen molar-refractivity contribution in [2.75, 3.05) is 19.5 Å². The molecule has 2 aromatic heterocycles. The lowest BCUT2D eigenvalue weighted by molar-refractivity contribution is -0.137. The lowest BCUT2D eigenvalue weighted by Crippen LogP contribution is -2.07. The van der Waals surface area contributed by atoms with E-state index in [0.29, 0.717) is 22.9 Å². The Hall–Kier alpha value is -2.84. The van der Waals surface area contributed by atoms with Crippen molar-refractivity contribution in [1.82, 2.24) is 19.6 Å². The lowest BCUT2D eigenvalue weighted by Gasteiger charge is -2.13. The summed E-state index contributed by atoms with van der Waals surface area (Å²) in [6.07, 6.45) is -1.24. The number of methoxy groups -OCH3 is 1. The summed E-state index contributed by atoms with van der Waals surface area (Å²) in [4.78, 5) is 4.17. The Morgan fingerprint density at radius 2 is 2.00 bits per heavy atom. The van der Waals surface area contributed by atoms with Crippen LogP contribution in [0.5, 0.6) is 5.75 Å². The Kier molecular flexibility index (Phi) is 3.55. The Labute approximate surface area is 128 Å². The maximum atomic E-state index is 12.8. The van der Waals surface area contributed by atoms with Crippen LogP contribution in [0, 0.1) is 0 Å². The van der Waals surface area contributed by atoms with Crippen LogP contribution >= 0.6 is 0 Å². The summed E-state index contributed by atoms with van der Waals surface area (Å²) in [6, 6.07) is 3.23. The molecule has 0 fully saturated rings. The first kappa shape index (κ1) is 15.1. The van der Waals surface area contributed by atoms with Crippen molar-refractivity contribution in [1.29, 1.82) is 0 Å². The fourth-order valence-corrected chi connectivity index (χ4v) is 2.24. The summed E-state index contributed by atoms with van der Waals surface area (Å²) in [6.45, 7) is 0. The third-order valence-corrected chi connectivity index (χ3v) is 3.33. The normalized spacial score (nSPS) is 11.7. The molecule has 0 saturated heterocycles. The number of anilines is 1. The summed E-state index contributed by atoms with van der Waals surface area (Å²) >= 11 is 0. The number of ether oxygens (including phenoxy) is 1. The molecule has 0 aliphatic heterocycles. The molecule has 0 saturated carbocycles. The number of aromatic nitrogens is 4. The standard InChI is InChI=1S/C14H12F3N5O/c1-18-11-13-19-5-6-22(13)12(21-20-11)9-4-3-8(14(15,16)17)7-10(9)23-2/h3-7H,1-2H3,(H,18,20). The highest BCUT2D eigenvalue weighted by Gasteiger charge is 2.31. The molecule has 3 aromatic rings. The lowest BCUT2D eigenvalue weighted by atomic mass is 10.1. The molecule has 1 N–H and O–H groups in total. The van der Waals surface area contributed by atoms with E-state index in [2.05, 4.69) is 20.5 Å². The minimum Gasteiger partial charge on any atom is -0.496 e. The highest BCUT2D eigenvalue weighted by molar-refractivity contribution is 5.71. The largest absolute Gasteiger partial charge is 0.496 e. The Bertz CT molecular complexity index is 859. The molecular weight excluding hydrogens is 311 g/mol. The summed E-state index contributed by atoms with van der Waals surface area (Å²) in [7, 11) is 2.98. The zero-order valence-corrected chi connectivity index (χ0v) is 12.2. The van der Waals surface area contributed by atoms with Crippen LogP contribution in [-0.2, 0) is 6.18 Å². The van der Waals surface area contributed by atoms with Crippen molar-refractivity contribution >= 4 is 11.5 Å². The zero-order chi connectivity index (χ0) is 16.6. The van der Waals surface area contributed by atoms with Crippen molar-refractivity contribution < 1.29 is 17.9 Å². The Morgan fingerprint density at radius 3 is 2.65 bits per heavy atom. The van der Waals surface area contributed by atoms with Gasteiger partial charge in [0.15, 0.2) is 17.3 Å². The minimum atomic E-state index is -4.45. The number of nitrogens with zero attached hydrogens (tertiary/aromatic N) is 4. The number of hydrogen-bond donors (Lipinski definition) is 1. The van der Waals surface area contributed by atoms with E-state index in [-0.39, 0.29) is 5.75 Å². The van der Waals surface area contributed by atoms with E-state index >= 15 is 0 Å². The number of imidazole rings is 1. The van der Waals surface area contributed by atoms with Gasteiger partial charge >= 0.3 is 6.18 Å². The number of hydrogen-bond acceptors (Lipinski definition) is 5. The Morgan fingerprint density at radius 1 is 1.22 bits per heavy atom. The fraction of sp³-hybridized carbons (Fsp3) is 0.214. The molecule has 3 rings (SSSR count). The van der Waals surface area contributed by atoms with Crippen LogP contribution < -0.4 is 10.1 Å². The van der Waals surface area contributed by atoms with Gasteiger partial charge in [0.1, 0.15) is 5.75 Å². The number of nitrogens with one attached hydrogen (secondary N) is 1. The van der Waals surface area contributed by atoms with Crippen LogP contribution in [0.4, 0.5) is 19.0 Å². The van der Waals surface area contributed by atoms with Crippen molar-refractivity contribution in [3.05, 3.63) is 36.2 Å². The van der Waals surface area contributed by atoms with E-state index in [1.54, 1.807) is 23.8 Å². The molecule has 0 aliphatic carbocycles. The van der Waals surface area contributed by atoms with E-state index in [1.165, 1.54) is 13.2 Å². The summed E-state index contributed by atoms with van der Waals surface area (Å²) in [5, 5.41) is 10.9. The highest BCUT2D eigenvalue weighted by atomic mass is 19.4. The number of halogens is 3. The van der Waals surface area contributed by atoms with E-state index in [9.17, 15) is 13.2 Å². The van der Waals surface area contributed by atoms with Crippen LogP contribution in [0.3, 0.4) is 0 Å². The Balaban J connectivity index is 2.21. The summed E-state index contributed by atoms with van der Waals surface area (Å²) in [5.41, 5.74) is 0.109. The maximum absolute atomic E-state index is 12.8. The average molecular weight is 323 g/mol. The fourth-order valence-electron chi connectivity index (χ4n) is 2.24. The second kappa shape index (κ2) is 5.41. The number of alkyl halides is 3. The third kappa shape index (κ3) is 2.54. The molecule has 1 aromatic carbocycles. The molecule has 120 valence electrons. The van der Waals surface area contributed by atoms with E-state index < -0.39 is 11.7 Å². The molecule has 0 unspecified atom stereocenters. The van der Waals surface area contributed by atoms with Gasteiger partial charge in [0.25, 0.3) is 0 Å². The van der Waals surface area contributed by atoms with Gasteiger partial charge in [0.05, 0.1) is 18.2 Å². The van der Waals surface area contributed by atoms with E-state index in [1.807, 2.05) is 0 Å². The molecule has 0 aliphatic rings. The maximum Gasteiger partial charge on any atom is 0.416 e. The van der Waals surface area contributed by atoms with Crippen LogP contribution in [-0.4, -0.2) is 33.7 Å². The number of rotatable bonds is 3. The molecule has 0 bridgehead atoms. The molecule has 6 nitrogen and oxygen atoms in total. The minimum absolute atomic E-state index is 0.0568. The molecule has 9 heteroatoms. The quantitative estimate of drug-likeness (QED) is 0.803. The summed E-state index contributed by atoms with van der Waals surface area (Å²) < 4.78 is 45.2. The zero-order valence-electron chi connectivity index (χ0n) is 12.2. The van der Waals surface area contributed by atoms with Crippen LogP contribution in [0.1, 0.15) is 5.56 Å². The van der Waals surface area contributed by atoms with Gasteiger partial charge in [-0.15, -0.1) is 10.2 Å². The third-order valence-electron chi connectivity index (χ3n) is 3.33. The molecular formula is C14H12F3N5O. The average Bonchev–Trinajstić information content (AvgIpc) is 3.02. The van der Waals surface area contributed by atoms with Gasteiger partial charge in [-0.25, -0.2) is 4.98 Å². The van der Waals surface area contributed by atoms with Crippen molar-refractivity contribution in [2.45, 2.75) is 6.18 Å². The number of benzene rings is 1. The number of fused-ring (bicyclic) bond motifs is 1. The van der Waals surface area contributed by atoms with Crippen molar-refractivity contribution in [3.8, 4) is 17.1 Å². The van der Waals surface area contributed by atoms with E-state index in [4.69, 9.17) is 4.74 Å². The first-order chi connectivity index (χ1) is 11.0. The first-order valence-electron chi connectivity index (χ1n) is 6.59. The van der Waals surface area contributed by atoms with Crippen molar-refractivity contribution in [3.63, 3.8) is 0 Å². The van der Waals surface area contributed by atoms with Gasteiger partial charge in [0, 0.05) is 19.4 Å². The smallest absolute Gasteiger partial charge is 0.416 e. The van der Waals surface area contributed by atoms with Gasteiger partial charge in [0.2, 0.25) is 0 Å². The van der Waals surface area contributed by atoms with Crippen LogP contribution in [0.15, 0.2) is 30.6 Å². The van der Waals surface area contributed by atoms with Gasteiger partial charge in [-0.05, 0) is 18.2 Å². The summed E-state index contributed by atoms with van der Waals surface area (Å²) in [5.74, 6) is 0.855. The molecule has 0 spiro atoms. The van der Waals surface area contributed by atoms with Crippen molar-refractivity contribution in [2.24, 2.45) is 0 Å². The molecule has 2 heterocycles. The highest BCUT2D eigenvalue weighted by Crippen LogP contribution is 2.36. The predicted octanol–water partition coefficient (Wildman–Crippen LogP) is 2.86.